The Hall–Kier alpha value is -2.05. The lowest BCUT2D eigenvalue weighted by atomic mass is 10.2. The first kappa shape index (κ1) is 12.4. The van der Waals surface area contributed by atoms with Gasteiger partial charge in [0.05, 0.1) is 0 Å². The quantitative estimate of drug-likeness (QED) is 0.741. The minimum Gasteiger partial charge on any atom is -0.480 e. The van der Waals surface area contributed by atoms with E-state index in [1.165, 1.54) is 24.7 Å². The number of hydrogen-bond acceptors (Lipinski definition) is 4. The summed E-state index contributed by atoms with van der Waals surface area (Å²) in [5, 5.41) is 9.12. The highest BCUT2D eigenvalue weighted by Gasteiger charge is 2.32. The van der Waals surface area contributed by atoms with E-state index in [-0.39, 0.29) is 0 Å². The van der Waals surface area contributed by atoms with Crippen LogP contribution in [0.2, 0.25) is 0 Å². The Morgan fingerprint density at radius 1 is 1.33 bits per heavy atom. The highest BCUT2D eigenvalue weighted by atomic mass is 16.4. The lowest BCUT2D eigenvalue weighted by Gasteiger charge is -2.25. The summed E-state index contributed by atoms with van der Waals surface area (Å²) in [6, 6.07) is 0.644. The number of nitrogens with zero attached hydrogens (tertiary/aromatic N) is 3. The van der Waals surface area contributed by atoms with E-state index in [4.69, 9.17) is 5.11 Å². The maximum absolute atomic E-state index is 11.8. The molecule has 0 radical (unpaired) electrons. The maximum Gasteiger partial charge on any atom is 0.332 e. The van der Waals surface area contributed by atoms with E-state index >= 15 is 0 Å². The van der Waals surface area contributed by atoms with Crippen LogP contribution in [0.15, 0.2) is 15.7 Å². The van der Waals surface area contributed by atoms with E-state index in [0.29, 0.717) is 18.8 Å². The number of carbonyl (C=O) groups is 1. The van der Waals surface area contributed by atoms with Crippen molar-refractivity contribution in [3.63, 3.8) is 0 Å². The minimum atomic E-state index is -0.930. The largest absolute Gasteiger partial charge is 0.480 e. The van der Waals surface area contributed by atoms with Crippen LogP contribution >= 0.6 is 0 Å². The predicted molar refractivity (Wildman–Crippen MR) is 64.9 cm³/mol. The van der Waals surface area contributed by atoms with Crippen molar-refractivity contribution in [3.05, 3.63) is 26.9 Å². The van der Waals surface area contributed by atoms with Gasteiger partial charge in [0.15, 0.2) is 0 Å². The Morgan fingerprint density at radius 2 is 2.00 bits per heavy atom. The van der Waals surface area contributed by atoms with Gasteiger partial charge < -0.3 is 10.0 Å². The zero-order valence-electron chi connectivity index (χ0n) is 10.3. The summed E-state index contributed by atoms with van der Waals surface area (Å²) in [7, 11) is 2.93. The average molecular weight is 253 g/mol. The van der Waals surface area contributed by atoms with Crippen molar-refractivity contribution in [2.45, 2.75) is 18.9 Å². The molecule has 1 aliphatic heterocycles. The lowest BCUT2D eigenvalue weighted by Crippen LogP contribution is -2.43. The van der Waals surface area contributed by atoms with E-state index in [1.54, 1.807) is 4.90 Å². The Labute approximate surface area is 103 Å². The molecule has 1 atom stereocenters. The van der Waals surface area contributed by atoms with Crippen LogP contribution in [-0.4, -0.2) is 32.8 Å². The Kier molecular flexibility index (Phi) is 2.98. The Balaban J connectivity index is 2.55. The van der Waals surface area contributed by atoms with Gasteiger partial charge in [-0.25, -0.2) is 9.59 Å². The molecule has 7 nitrogen and oxygen atoms in total. The molecule has 1 saturated heterocycles. The normalized spacial score (nSPS) is 19.2. The van der Waals surface area contributed by atoms with Crippen molar-refractivity contribution in [1.29, 1.82) is 0 Å². The van der Waals surface area contributed by atoms with Crippen molar-refractivity contribution in [2.24, 2.45) is 14.1 Å². The van der Waals surface area contributed by atoms with Gasteiger partial charge >= 0.3 is 11.7 Å². The monoisotopic (exact) mass is 253 g/mol. The molecular weight excluding hydrogens is 238 g/mol. The minimum absolute atomic E-state index is 0.369. The van der Waals surface area contributed by atoms with Gasteiger partial charge in [-0.15, -0.1) is 0 Å². The van der Waals surface area contributed by atoms with Crippen molar-refractivity contribution < 1.29 is 9.90 Å². The summed E-state index contributed by atoms with van der Waals surface area (Å²) < 4.78 is 2.30. The number of anilines is 1. The van der Waals surface area contributed by atoms with Gasteiger partial charge in [-0.1, -0.05) is 0 Å². The smallest absolute Gasteiger partial charge is 0.332 e. The van der Waals surface area contributed by atoms with Crippen molar-refractivity contribution in [3.8, 4) is 0 Å². The first-order valence-corrected chi connectivity index (χ1v) is 5.70. The molecule has 0 aromatic carbocycles. The molecule has 0 spiro atoms. The Morgan fingerprint density at radius 3 is 2.61 bits per heavy atom. The number of aliphatic carboxylic acids is 1. The highest BCUT2D eigenvalue weighted by molar-refractivity contribution is 5.78. The van der Waals surface area contributed by atoms with Crippen LogP contribution in [0.1, 0.15) is 12.8 Å². The molecule has 7 heteroatoms. The van der Waals surface area contributed by atoms with E-state index in [1.807, 2.05) is 0 Å². The molecule has 1 N–H and O–H groups in total. The first-order chi connectivity index (χ1) is 8.43. The molecule has 2 rings (SSSR count). The van der Waals surface area contributed by atoms with E-state index in [2.05, 4.69) is 0 Å². The molecule has 0 aliphatic carbocycles. The molecular formula is C11H15N3O4. The number of aromatic nitrogens is 2. The third-order valence-corrected chi connectivity index (χ3v) is 3.33. The first-order valence-electron chi connectivity index (χ1n) is 5.70. The molecule has 1 aromatic heterocycles. The molecule has 0 unspecified atom stereocenters. The predicted octanol–water partition coefficient (Wildman–Crippen LogP) is -0.863. The van der Waals surface area contributed by atoms with Crippen molar-refractivity contribution >= 4 is 11.8 Å². The fourth-order valence-corrected chi connectivity index (χ4v) is 2.29. The summed E-state index contributed by atoms with van der Waals surface area (Å²) in [6.07, 6.45) is 1.26. The van der Waals surface area contributed by atoms with Crippen LogP contribution in [0.3, 0.4) is 0 Å². The number of rotatable bonds is 2. The second-order valence-corrected chi connectivity index (χ2v) is 4.43. The molecule has 0 bridgehead atoms. The molecule has 1 aromatic rings. The van der Waals surface area contributed by atoms with Crippen LogP contribution < -0.4 is 16.1 Å². The van der Waals surface area contributed by atoms with Crippen LogP contribution in [0, 0.1) is 0 Å². The SMILES string of the molecule is Cn1c(N2CCC[C@H]2C(=O)O)cc(=O)n(C)c1=O. The number of carboxylic acid groups (broad SMARTS) is 1. The number of carboxylic acids is 1. The molecule has 2 heterocycles. The van der Waals surface area contributed by atoms with Crippen LogP contribution in [0.25, 0.3) is 0 Å². The van der Waals surface area contributed by atoms with E-state index < -0.39 is 23.3 Å². The van der Waals surface area contributed by atoms with Crippen molar-refractivity contribution in [1.82, 2.24) is 9.13 Å². The fraction of sp³-hybridized carbons (Fsp3) is 0.545. The molecule has 98 valence electrons. The van der Waals surface area contributed by atoms with Crippen LogP contribution in [0.4, 0.5) is 5.82 Å². The van der Waals surface area contributed by atoms with Gasteiger partial charge in [0.1, 0.15) is 11.9 Å². The third kappa shape index (κ3) is 1.81. The summed E-state index contributed by atoms with van der Waals surface area (Å²) >= 11 is 0. The topological polar surface area (TPSA) is 84.5 Å². The molecule has 1 aliphatic rings. The molecule has 0 saturated carbocycles. The van der Waals surface area contributed by atoms with Crippen LogP contribution in [0.5, 0.6) is 0 Å². The van der Waals surface area contributed by atoms with Gasteiger partial charge in [0, 0.05) is 26.7 Å². The van der Waals surface area contributed by atoms with Crippen LogP contribution in [-0.2, 0) is 18.9 Å². The molecule has 0 amide bonds. The second kappa shape index (κ2) is 4.32. The van der Waals surface area contributed by atoms with Gasteiger partial charge in [0.2, 0.25) is 0 Å². The zero-order valence-corrected chi connectivity index (χ0v) is 10.3. The van der Waals surface area contributed by atoms with Gasteiger partial charge in [-0.3, -0.25) is 13.9 Å². The average Bonchev–Trinajstić information content (AvgIpc) is 2.80. The summed E-state index contributed by atoms with van der Waals surface area (Å²) in [6.45, 7) is 0.539. The highest BCUT2D eigenvalue weighted by Crippen LogP contribution is 2.23. The maximum atomic E-state index is 11.8. The zero-order chi connectivity index (χ0) is 13.4. The van der Waals surface area contributed by atoms with Gasteiger partial charge in [-0.05, 0) is 12.8 Å². The molecule has 18 heavy (non-hydrogen) atoms. The van der Waals surface area contributed by atoms with Gasteiger partial charge in [-0.2, -0.15) is 0 Å². The summed E-state index contributed by atoms with van der Waals surface area (Å²) in [4.78, 5) is 36.1. The lowest BCUT2D eigenvalue weighted by molar-refractivity contribution is -0.138. The fourth-order valence-electron chi connectivity index (χ4n) is 2.29. The second-order valence-electron chi connectivity index (χ2n) is 4.43. The number of hydrogen-bond donors (Lipinski definition) is 1. The standard InChI is InChI=1S/C11H15N3O4/c1-12-8(6-9(15)13(2)11(12)18)14-5-3-4-7(14)10(16)17/h6-7H,3-5H2,1-2H3,(H,16,17)/t7-/m0/s1. The third-order valence-electron chi connectivity index (χ3n) is 3.33. The molecule has 1 fully saturated rings. The summed E-state index contributed by atoms with van der Waals surface area (Å²) in [5.74, 6) is -0.561. The van der Waals surface area contributed by atoms with Gasteiger partial charge in [0.25, 0.3) is 5.56 Å². The van der Waals surface area contributed by atoms with E-state index in [9.17, 15) is 14.4 Å². The summed E-state index contributed by atoms with van der Waals surface area (Å²) in [5.41, 5.74) is -0.877. The van der Waals surface area contributed by atoms with Crippen molar-refractivity contribution in [2.75, 3.05) is 11.4 Å². The Bertz CT molecular complexity index is 601. The van der Waals surface area contributed by atoms with E-state index in [0.717, 1.165) is 11.0 Å².